The van der Waals surface area contributed by atoms with Gasteiger partial charge in [0.05, 0.1) is 0 Å². The van der Waals surface area contributed by atoms with Gasteiger partial charge >= 0.3 is 0 Å². The highest BCUT2D eigenvalue weighted by Crippen LogP contribution is 2.52. The zero-order chi connectivity index (χ0) is 10.4. The number of halogens is 1. The lowest BCUT2D eigenvalue weighted by Gasteiger charge is -2.27. The van der Waals surface area contributed by atoms with Crippen molar-refractivity contribution in [1.82, 2.24) is 0 Å². The molecule has 2 bridgehead atoms. The van der Waals surface area contributed by atoms with Crippen molar-refractivity contribution in [2.45, 2.75) is 56.7 Å². The molecular weight excluding hydrogens is 248 g/mol. The maximum absolute atomic E-state index is 3.83. The smallest absolute Gasteiger partial charge is 0.0174 e. The van der Waals surface area contributed by atoms with Gasteiger partial charge in [-0.1, -0.05) is 29.3 Å². The Morgan fingerprint density at radius 3 is 2.40 bits per heavy atom. The summed E-state index contributed by atoms with van der Waals surface area (Å²) in [5.41, 5.74) is 0. The third kappa shape index (κ3) is 1.90. The average Bonchev–Trinajstić information content (AvgIpc) is 2.89. The topological polar surface area (TPSA) is 0 Å². The van der Waals surface area contributed by atoms with Crippen molar-refractivity contribution in [2.24, 2.45) is 29.6 Å². The van der Waals surface area contributed by atoms with Gasteiger partial charge < -0.3 is 0 Å². The monoisotopic (exact) mass is 270 g/mol. The zero-order valence-corrected chi connectivity index (χ0v) is 11.4. The Hall–Kier alpha value is 0.480. The highest BCUT2D eigenvalue weighted by molar-refractivity contribution is 9.09. The van der Waals surface area contributed by atoms with Crippen LogP contribution in [0.4, 0.5) is 0 Å². The molecule has 0 radical (unpaired) electrons. The van der Waals surface area contributed by atoms with Gasteiger partial charge in [0.1, 0.15) is 0 Å². The van der Waals surface area contributed by atoms with E-state index >= 15 is 0 Å². The Bertz CT molecular complexity index is 235. The van der Waals surface area contributed by atoms with Crippen LogP contribution in [0, 0.1) is 29.6 Å². The summed E-state index contributed by atoms with van der Waals surface area (Å²) in [6.45, 7) is 2.46. The second-order valence-corrected chi connectivity index (χ2v) is 7.56. The summed E-state index contributed by atoms with van der Waals surface area (Å²) in [5, 5.41) is 0. The fourth-order valence-electron chi connectivity index (χ4n) is 4.58. The van der Waals surface area contributed by atoms with E-state index in [9.17, 15) is 0 Å². The van der Waals surface area contributed by atoms with Crippen LogP contribution in [0.3, 0.4) is 0 Å². The predicted octanol–water partition coefficient (Wildman–Crippen LogP) is 4.62. The van der Waals surface area contributed by atoms with Gasteiger partial charge in [-0.25, -0.2) is 0 Å². The molecule has 0 aliphatic heterocycles. The summed E-state index contributed by atoms with van der Waals surface area (Å²) >= 11 is 3.83. The first-order valence-corrected chi connectivity index (χ1v) is 7.79. The molecule has 0 heterocycles. The molecule has 0 saturated heterocycles. The summed E-state index contributed by atoms with van der Waals surface area (Å²) in [7, 11) is 0. The minimum Gasteiger partial charge on any atom is -0.0888 e. The third-order valence-electron chi connectivity index (χ3n) is 5.62. The van der Waals surface area contributed by atoms with Gasteiger partial charge in [-0.2, -0.15) is 0 Å². The van der Waals surface area contributed by atoms with Crippen molar-refractivity contribution < 1.29 is 0 Å². The highest BCUT2D eigenvalue weighted by Gasteiger charge is 2.42. The van der Waals surface area contributed by atoms with Crippen molar-refractivity contribution in [3.8, 4) is 0 Å². The molecule has 6 unspecified atom stereocenters. The van der Waals surface area contributed by atoms with Crippen LogP contribution >= 0.6 is 15.9 Å². The van der Waals surface area contributed by atoms with Crippen LogP contribution in [-0.4, -0.2) is 4.83 Å². The number of rotatable bonds is 2. The third-order valence-corrected chi connectivity index (χ3v) is 6.91. The van der Waals surface area contributed by atoms with E-state index in [1.807, 2.05) is 0 Å². The molecule has 0 aromatic carbocycles. The molecule has 0 N–H and O–H groups in total. The Morgan fingerprint density at radius 2 is 1.87 bits per heavy atom. The van der Waals surface area contributed by atoms with Crippen LogP contribution in [0.25, 0.3) is 0 Å². The lowest BCUT2D eigenvalue weighted by atomic mass is 9.79. The van der Waals surface area contributed by atoms with Gasteiger partial charge in [-0.05, 0) is 68.1 Å². The Morgan fingerprint density at radius 1 is 1.00 bits per heavy atom. The number of hydrogen-bond donors (Lipinski definition) is 0. The van der Waals surface area contributed by atoms with Gasteiger partial charge in [0.2, 0.25) is 0 Å². The maximum Gasteiger partial charge on any atom is 0.0174 e. The minimum absolute atomic E-state index is 0.820. The first kappa shape index (κ1) is 10.6. The lowest BCUT2D eigenvalue weighted by molar-refractivity contribution is 0.244. The van der Waals surface area contributed by atoms with Crippen LogP contribution < -0.4 is 0 Å². The van der Waals surface area contributed by atoms with Crippen molar-refractivity contribution in [1.29, 1.82) is 0 Å². The highest BCUT2D eigenvalue weighted by atomic mass is 79.9. The Kier molecular flexibility index (Phi) is 2.87. The molecule has 1 heteroatoms. The van der Waals surface area contributed by atoms with Crippen LogP contribution in [0.15, 0.2) is 0 Å². The number of fused-ring (bicyclic) bond motifs is 2. The van der Waals surface area contributed by atoms with Crippen molar-refractivity contribution in [3.05, 3.63) is 0 Å². The lowest BCUT2D eigenvalue weighted by Crippen LogP contribution is -2.18. The molecule has 0 aromatic rings. The minimum atomic E-state index is 0.820. The summed E-state index contributed by atoms with van der Waals surface area (Å²) in [6, 6.07) is 0. The summed E-state index contributed by atoms with van der Waals surface area (Å²) in [4.78, 5) is 0.820. The van der Waals surface area contributed by atoms with Crippen LogP contribution in [0.5, 0.6) is 0 Å². The largest absolute Gasteiger partial charge is 0.0888 e. The first-order chi connectivity index (χ1) is 7.24. The molecule has 3 rings (SSSR count). The standard InChI is InChI=1S/C14H23Br/c1-9-11(4-5-14(9)15)8-13-7-10-2-3-12(13)6-10/h9-14H,2-8H2,1H3. The Labute approximate surface area is 102 Å². The molecule has 6 atom stereocenters. The molecule has 0 nitrogen and oxygen atoms in total. The molecular formula is C14H23Br. The van der Waals surface area contributed by atoms with Crippen LogP contribution in [0.1, 0.15) is 51.9 Å². The van der Waals surface area contributed by atoms with Crippen molar-refractivity contribution in [3.63, 3.8) is 0 Å². The normalized spacial score (nSPS) is 54.0. The van der Waals surface area contributed by atoms with E-state index in [4.69, 9.17) is 0 Å². The van der Waals surface area contributed by atoms with E-state index in [2.05, 4.69) is 22.9 Å². The molecule has 3 aliphatic carbocycles. The fraction of sp³-hybridized carbons (Fsp3) is 1.00. The summed E-state index contributed by atoms with van der Waals surface area (Å²) < 4.78 is 0. The van der Waals surface area contributed by atoms with E-state index in [0.717, 1.165) is 34.4 Å². The molecule has 3 saturated carbocycles. The maximum atomic E-state index is 3.83. The fourth-order valence-corrected chi connectivity index (χ4v) is 5.28. The van der Waals surface area contributed by atoms with Gasteiger partial charge in [0, 0.05) is 4.83 Å². The quantitative estimate of drug-likeness (QED) is 0.643. The van der Waals surface area contributed by atoms with Crippen LogP contribution in [-0.2, 0) is 0 Å². The first-order valence-electron chi connectivity index (χ1n) is 6.88. The molecule has 3 aliphatic rings. The van der Waals surface area contributed by atoms with E-state index in [0.29, 0.717) is 0 Å². The second kappa shape index (κ2) is 4.05. The predicted molar refractivity (Wildman–Crippen MR) is 68.2 cm³/mol. The molecule has 15 heavy (non-hydrogen) atoms. The van der Waals surface area contributed by atoms with Gasteiger partial charge in [-0.3, -0.25) is 0 Å². The molecule has 3 fully saturated rings. The summed E-state index contributed by atoms with van der Waals surface area (Å²) in [6.07, 6.45) is 10.8. The van der Waals surface area contributed by atoms with Gasteiger partial charge in [0.25, 0.3) is 0 Å². The summed E-state index contributed by atoms with van der Waals surface area (Å²) in [5.74, 6) is 5.37. The molecule has 86 valence electrons. The molecule has 0 amide bonds. The van der Waals surface area contributed by atoms with Crippen molar-refractivity contribution in [2.75, 3.05) is 0 Å². The second-order valence-electron chi connectivity index (χ2n) is 6.38. The average molecular weight is 271 g/mol. The molecule has 0 aromatic heterocycles. The van der Waals surface area contributed by atoms with Gasteiger partial charge in [0.15, 0.2) is 0 Å². The number of alkyl halides is 1. The zero-order valence-electron chi connectivity index (χ0n) is 9.79. The van der Waals surface area contributed by atoms with Gasteiger partial charge in [-0.15, -0.1) is 0 Å². The number of hydrogen-bond acceptors (Lipinski definition) is 0. The van der Waals surface area contributed by atoms with E-state index in [-0.39, 0.29) is 0 Å². The van der Waals surface area contributed by atoms with Crippen molar-refractivity contribution >= 4 is 15.9 Å². The van der Waals surface area contributed by atoms with E-state index in [1.165, 1.54) is 12.8 Å². The van der Waals surface area contributed by atoms with Crippen LogP contribution in [0.2, 0.25) is 0 Å². The van der Waals surface area contributed by atoms with E-state index < -0.39 is 0 Å². The SMILES string of the molecule is CC1C(Br)CCC1CC1CC2CCC1C2. The Balaban J connectivity index is 1.57. The van der Waals surface area contributed by atoms with E-state index in [1.54, 1.807) is 32.1 Å². The molecule has 0 spiro atoms.